The molecular weight excluding hydrogens is 368 g/mol. The predicted molar refractivity (Wildman–Crippen MR) is 110 cm³/mol. The number of aromatic nitrogens is 4. The molecule has 0 unspecified atom stereocenters. The second kappa shape index (κ2) is 8.40. The number of pyridine rings is 1. The molecule has 1 aromatic carbocycles. The van der Waals surface area contributed by atoms with Crippen LogP contribution in [0.15, 0.2) is 42.7 Å². The second-order valence-electron chi connectivity index (χ2n) is 7.09. The van der Waals surface area contributed by atoms with Crippen LogP contribution in [-0.4, -0.2) is 45.9 Å². The Balaban J connectivity index is 1.50. The Morgan fingerprint density at radius 1 is 1.17 bits per heavy atom. The first-order valence-corrected chi connectivity index (χ1v) is 9.66. The molecule has 4 rings (SSSR count). The van der Waals surface area contributed by atoms with E-state index in [-0.39, 0.29) is 5.91 Å². The third-order valence-electron chi connectivity index (χ3n) is 5.13. The zero-order valence-corrected chi connectivity index (χ0v) is 16.6. The average Bonchev–Trinajstić information content (AvgIpc) is 3.14. The Morgan fingerprint density at radius 2 is 1.93 bits per heavy atom. The van der Waals surface area contributed by atoms with E-state index in [4.69, 9.17) is 4.74 Å². The number of nitrogens with zero attached hydrogens (tertiary/aromatic N) is 4. The first kappa shape index (κ1) is 19.1. The summed E-state index contributed by atoms with van der Waals surface area (Å²) < 4.78 is 6.81. The van der Waals surface area contributed by atoms with Crippen LogP contribution in [0.4, 0.5) is 5.95 Å². The summed E-state index contributed by atoms with van der Waals surface area (Å²) in [7, 11) is 3.42. The smallest absolute Gasteiger partial charge is 0.259 e. The average molecular weight is 392 g/mol. The predicted octanol–water partition coefficient (Wildman–Crippen LogP) is 2.61. The van der Waals surface area contributed by atoms with Crippen molar-refractivity contribution in [3.8, 4) is 16.9 Å². The molecule has 8 nitrogen and oxygen atoms in total. The van der Waals surface area contributed by atoms with E-state index in [1.165, 1.54) is 0 Å². The standard InChI is InChI=1S/C21H24N6O2/c1-27-21(24-19(26-27)15-7-9-22-10-8-15)25-20(28)17-11-16(12-23-13-17)14-3-5-18(29-2)6-4-14/h3-6,11-13,15,22H,7-10H2,1-2H3,(H,24,25,26,28). The van der Waals surface area contributed by atoms with Crippen molar-refractivity contribution in [3.05, 3.63) is 54.1 Å². The van der Waals surface area contributed by atoms with Gasteiger partial charge in [0, 0.05) is 30.9 Å². The van der Waals surface area contributed by atoms with Gasteiger partial charge in [0.1, 0.15) is 5.75 Å². The summed E-state index contributed by atoms with van der Waals surface area (Å²) in [6.45, 7) is 1.93. The molecule has 0 atom stereocenters. The maximum absolute atomic E-state index is 12.8. The molecule has 1 aliphatic heterocycles. The van der Waals surface area contributed by atoms with Gasteiger partial charge >= 0.3 is 0 Å². The van der Waals surface area contributed by atoms with Gasteiger partial charge in [-0.25, -0.2) is 4.68 Å². The first-order chi connectivity index (χ1) is 14.1. The van der Waals surface area contributed by atoms with Crippen molar-refractivity contribution in [1.82, 2.24) is 25.1 Å². The molecule has 0 radical (unpaired) electrons. The lowest BCUT2D eigenvalue weighted by atomic mass is 9.98. The highest BCUT2D eigenvalue weighted by atomic mass is 16.5. The maximum atomic E-state index is 12.8. The van der Waals surface area contributed by atoms with Crippen molar-refractivity contribution in [1.29, 1.82) is 0 Å². The van der Waals surface area contributed by atoms with Crippen LogP contribution in [0.2, 0.25) is 0 Å². The van der Waals surface area contributed by atoms with Crippen LogP contribution in [0, 0.1) is 0 Å². The molecule has 3 heterocycles. The first-order valence-electron chi connectivity index (χ1n) is 9.66. The summed E-state index contributed by atoms with van der Waals surface area (Å²) in [4.78, 5) is 21.6. The maximum Gasteiger partial charge on any atom is 0.259 e. The molecule has 2 N–H and O–H groups in total. The van der Waals surface area contributed by atoms with Crippen LogP contribution in [0.25, 0.3) is 11.1 Å². The van der Waals surface area contributed by atoms with Gasteiger partial charge in [-0.2, -0.15) is 10.1 Å². The highest BCUT2D eigenvalue weighted by Gasteiger charge is 2.21. The molecule has 1 aliphatic rings. The molecular formula is C21H24N6O2. The van der Waals surface area contributed by atoms with Crippen molar-refractivity contribution < 1.29 is 9.53 Å². The summed E-state index contributed by atoms with van der Waals surface area (Å²) >= 11 is 0. The zero-order chi connectivity index (χ0) is 20.2. The van der Waals surface area contributed by atoms with E-state index >= 15 is 0 Å². The molecule has 29 heavy (non-hydrogen) atoms. The number of hydrogen-bond donors (Lipinski definition) is 2. The largest absolute Gasteiger partial charge is 0.497 e. The van der Waals surface area contributed by atoms with E-state index in [1.54, 1.807) is 31.2 Å². The molecule has 1 saturated heterocycles. The molecule has 3 aromatic rings. The number of nitrogens with one attached hydrogen (secondary N) is 2. The van der Waals surface area contributed by atoms with Crippen molar-refractivity contribution in [2.45, 2.75) is 18.8 Å². The van der Waals surface area contributed by atoms with Crippen molar-refractivity contribution in [2.75, 3.05) is 25.5 Å². The zero-order valence-electron chi connectivity index (χ0n) is 16.6. The van der Waals surface area contributed by atoms with Gasteiger partial charge in [-0.1, -0.05) is 12.1 Å². The Hall–Kier alpha value is -3.26. The molecule has 8 heteroatoms. The Morgan fingerprint density at radius 3 is 2.66 bits per heavy atom. The number of amides is 1. The van der Waals surface area contributed by atoms with Gasteiger partial charge in [0.25, 0.3) is 5.91 Å². The Labute approximate surface area is 169 Å². The number of hydrogen-bond acceptors (Lipinski definition) is 6. The molecule has 0 saturated carbocycles. The van der Waals surface area contributed by atoms with Crippen LogP contribution >= 0.6 is 0 Å². The Bertz CT molecular complexity index is 993. The van der Waals surface area contributed by atoms with Crippen LogP contribution in [0.5, 0.6) is 5.75 Å². The van der Waals surface area contributed by atoms with E-state index in [2.05, 4.69) is 25.7 Å². The summed E-state index contributed by atoms with van der Waals surface area (Å²) in [6, 6.07) is 9.44. The number of piperidine rings is 1. The number of carbonyl (C=O) groups is 1. The number of methoxy groups -OCH3 is 1. The van der Waals surface area contributed by atoms with Crippen molar-refractivity contribution in [2.24, 2.45) is 7.05 Å². The van der Waals surface area contributed by atoms with Gasteiger partial charge in [0.2, 0.25) is 5.95 Å². The lowest BCUT2D eigenvalue weighted by Gasteiger charge is -2.19. The van der Waals surface area contributed by atoms with Crippen molar-refractivity contribution in [3.63, 3.8) is 0 Å². The minimum Gasteiger partial charge on any atom is -0.497 e. The van der Waals surface area contributed by atoms with E-state index in [9.17, 15) is 4.79 Å². The minimum absolute atomic E-state index is 0.264. The monoisotopic (exact) mass is 392 g/mol. The van der Waals surface area contributed by atoms with Crippen LogP contribution in [0.3, 0.4) is 0 Å². The lowest BCUT2D eigenvalue weighted by Crippen LogP contribution is -2.27. The lowest BCUT2D eigenvalue weighted by molar-refractivity contribution is 0.102. The van der Waals surface area contributed by atoms with Gasteiger partial charge in [0.15, 0.2) is 5.82 Å². The molecule has 0 bridgehead atoms. The number of aryl methyl sites for hydroxylation is 1. The van der Waals surface area contributed by atoms with Gasteiger partial charge < -0.3 is 10.1 Å². The summed E-state index contributed by atoms with van der Waals surface area (Å²) in [6.07, 6.45) is 5.29. The third kappa shape index (κ3) is 4.27. The van der Waals surface area contributed by atoms with Crippen LogP contribution < -0.4 is 15.4 Å². The van der Waals surface area contributed by atoms with E-state index < -0.39 is 0 Å². The van der Waals surface area contributed by atoms with Gasteiger partial charge in [-0.3, -0.25) is 15.1 Å². The highest BCUT2D eigenvalue weighted by Crippen LogP contribution is 2.24. The molecule has 1 fully saturated rings. The fourth-order valence-corrected chi connectivity index (χ4v) is 3.45. The molecule has 150 valence electrons. The Kier molecular flexibility index (Phi) is 5.53. The molecule has 1 amide bonds. The third-order valence-corrected chi connectivity index (χ3v) is 5.13. The number of benzene rings is 1. The van der Waals surface area contributed by atoms with E-state index in [0.717, 1.165) is 48.6 Å². The van der Waals surface area contributed by atoms with E-state index in [1.807, 2.05) is 30.3 Å². The van der Waals surface area contributed by atoms with Gasteiger partial charge in [-0.15, -0.1) is 0 Å². The normalized spacial score (nSPS) is 14.6. The van der Waals surface area contributed by atoms with Crippen molar-refractivity contribution >= 4 is 11.9 Å². The molecule has 2 aromatic heterocycles. The number of anilines is 1. The summed E-state index contributed by atoms with van der Waals surface area (Å²) in [5, 5.41) is 10.7. The number of carbonyl (C=O) groups excluding carboxylic acids is 1. The minimum atomic E-state index is -0.264. The fourth-order valence-electron chi connectivity index (χ4n) is 3.45. The highest BCUT2D eigenvalue weighted by molar-refractivity contribution is 6.03. The number of rotatable bonds is 5. The fraction of sp³-hybridized carbons (Fsp3) is 0.333. The number of ether oxygens (including phenoxy) is 1. The quantitative estimate of drug-likeness (QED) is 0.693. The SMILES string of the molecule is COc1ccc(-c2cncc(C(=O)Nc3nc(C4CCNCC4)nn3C)c2)cc1. The van der Waals surface area contributed by atoms with Gasteiger partial charge in [-0.05, 0) is 49.7 Å². The van der Waals surface area contributed by atoms with Crippen LogP contribution in [0.1, 0.15) is 34.9 Å². The molecule has 0 spiro atoms. The second-order valence-corrected chi connectivity index (χ2v) is 7.09. The summed E-state index contributed by atoms with van der Waals surface area (Å²) in [5.41, 5.74) is 2.28. The van der Waals surface area contributed by atoms with Crippen LogP contribution in [-0.2, 0) is 7.05 Å². The van der Waals surface area contributed by atoms with Gasteiger partial charge in [0.05, 0.1) is 12.7 Å². The summed E-state index contributed by atoms with van der Waals surface area (Å²) in [5.74, 6) is 2.07. The topological polar surface area (TPSA) is 94.0 Å². The molecule has 0 aliphatic carbocycles. The van der Waals surface area contributed by atoms with E-state index in [0.29, 0.717) is 17.4 Å².